The minimum atomic E-state index is -1.14. The van der Waals surface area contributed by atoms with Gasteiger partial charge in [0.2, 0.25) is 6.10 Å². The lowest BCUT2D eigenvalue weighted by molar-refractivity contribution is -0.384. The molecule has 0 aliphatic carbocycles. The van der Waals surface area contributed by atoms with Gasteiger partial charge >= 0.3 is 5.97 Å². The third kappa shape index (κ3) is 3.08. The summed E-state index contributed by atoms with van der Waals surface area (Å²) in [5.41, 5.74) is 0.488. The van der Waals surface area contributed by atoms with Crippen LogP contribution in [0.25, 0.3) is 0 Å². The SMILES string of the molecule is CC(C(=O)O)N1C(=O)C(Oc2ccccc2)C1c1ccc([N+](=O)[O-])cc1. The fourth-order valence-electron chi connectivity index (χ4n) is 2.92. The van der Waals surface area contributed by atoms with Crippen LogP contribution < -0.4 is 4.74 Å². The van der Waals surface area contributed by atoms with Gasteiger partial charge < -0.3 is 14.7 Å². The van der Waals surface area contributed by atoms with Crippen molar-refractivity contribution in [1.29, 1.82) is 0 Å². The fraction of sp³-hybridized carbons (Fsp3) is 0.222. The summed E-state index contributed by atoms with van der Waals surface area (Å²) in [6, 6.07) is 12.7. The summed E-state index contributed by atoms with van der Waals surface area (Å²) < 4.78 is 5.75. The number of nitro groups is 1. The van der Waals surface area contributed by atoms with E-state index in [9.17, 15) is 24.8 Å². The molecule has 8 heteroatoms. The van der Waals surface area contributed by atoms with Crippen LogP contribution in [0.4, 0.5) is 5.69 Å². The van der Waals surface area contributed by atoms with Gasteiger partial charge in [0, 0.05) is 12.1 Å². The van der Waals surface area contributed by atoms with Gasteiger partial charge in [0.25, 0.3) is 11.6 Å². The Balaban J connectivity index is 1.92. The number of hydrogen-bond acceptors (Lipinski definition) is 5. The highest BCUT2D eigenvalue weighted by atomic mass is 16.6. The topological polar surface area (TPSA) is 110 Å². The zero-order chi connectivity index (χ0) is 18.8. The monoisotopic (exact) mass is 356 g/mol. The fourth-order valence-corrected chi connectivity index (χ4v) is 2.92. The molecule has 1 aliphatic rings. The Labute approximate surface area is 148 Å². The van der Waals surface area contributed by atoms with Gasteiger partial charge in [0.15, 0.2) is 0 Å². The molecule has 1 fully saturated rings. The Hall–Kier alpha value is -3.42. The largest absolute Gasteiger partial charge is 0.480 e. The molecule has 8 nitrogen and oxygen atoms in total. The van der Waals surface area contributed by atoms with Crippen molar-refractivity contribution in [3.8, 4) is 5.75 Å². The molecule has 1 saturated heterocycles. The Morgan fingerprint density at radius 2 is 1.81 bits per heavy atom. The first kappa shape index (κ1) is 17.4. The number of aliphatic carboxylic acids is 1. The van der Waals surface area contributed by atoms with Gasteiger partial charge in [0.1, 0.15) is 17.8 Å². The molecular weight excluding hydrogens is 340 g/mol. The van der Waals surface area contributed by atoms with Gasteiger partial charge in [0.05, 0.1) is 4.92 Å². The van der Waals surface area contributed by atoms with E-state index in [1.807, 2.05) is 6.07 Å². The summed E-state index contributed by atoms with van der Waals surface area (Å²) in [5.74, 6) is -1.09. The zero-order valence-electron chi connectivity index (χ0n) is 13.8. The summed E-state index contributed by atoms with van der Waals surface area (Å²) in [7, 11) is 0. The first-order valence-corrected chi connectivity index (χ1v) is 7.91. The number of rotatable bonds is 6. The number of para-hydroxylation sites is 1. The van der Waals surface area contributed by atoms with Gasteiger partial charge in [-0.2, -0.15) is 0 Å². The quantitative estimate of drug-likeness (QED) is 0.483. The van der Waals surface area contributed by atoms with E-state index in [2.05, 4.69) is 0 Å². The number of β-lactam (4-membered cyclic amide) rings is 1. The molecule has 3 rings (SSSR count). The van der Waals surface area contributed by atoms with Crippen molar-refractivity contribution in [3.05, 3.63) is 70.3 Å². The van der Waals surface area contributed by atoms with Crippen LogP contribution in [0, 0.1) is 10.1 Å². The molecular formula is C18H16N2O6. The number of hydrogen-bond donors (Lipinski definition) is 1. The molecule has 0 saturated carbocycles. The highest BCUT2D eigenvalue weighted by Crippen LogP contribution is 2.39. The minimum Gasteiger partial charge on any atom is -0.480 e. The lowest BCUT2D eigenvalue weighted by atomic mass is 9.88. The third-order valence-electron chi connectivity index (χ3n) is 4.31. The van der Waals surface area contributed by atoms with Crippen molar-refractivity contribution in [2.24, 2.45) is 0 Å². The van der Waals surface area contributed by atoms with E-state index < -0.39 is 35.0 Å². The van der Waals surface area contributed by atoms with Gasteiger partial charge in [-0.15, -0.1) is 0 Å². The molecule has 0 radical (unpaired) electrons. The van der Waals surface area contributed by atoms with Crippen LogP contribution in [0.15, 0.2) is 54.6 Å². The second-order valence-corrected chi connectivity index (χ2v) is 5.90. The molecule has 0 bridgehead atoms. The average Bonchev–Trinajstić information content (AvgIpc) is 2.64. The van der Waals surface area contributed by atoms with Crippen molar-refractivity contribution < 1.29 is 24.4 Å². The molecule has 1 amide bonds. The van der Waals surface area contributed by atoms with Crippen LogP contribution in [0.5, 0.6) is 5.75 Å². The molecule has 2 aromatic carbocycles. The highest BCUT2D eigenvalue weighted by Gasteiger charge is 2.53. The molecule has 1 N–H and O–H groups in total. The number of carboxylic acid groups (broad SMARTS) is 1. The first-order valence-electron chi connectivity index (χ1n) is 7.91. The molecule has 1 heterocycles. The predicted octanol–water partition coefficient (Wildman–Crippen LogP) is 2.40. The number of carbonyl (C=O) groups is 2. The maximum Gasteiger partial charge on any atom is 0.326 e. The number of carboxylic acids is 1. The van der Waals surface area contributed by atoms with E-state index in [-0.39, 0.29) is 5.69 Å². The van der Waals surface area contributed by atoms with Gasteiger partial charge in [-0.3, -0.25) is 14.9 Å². The summed E-state index contributed by atoms with van der Waals surface area (Å²) in [5, 5.41) is 20.1. The number of carbonyl (C=O) groups excluding carboxylic acids is 1. The standard InChI is InChI=1S/C18H16N2O6/c1-11(18(22)23)19-15(12-7-9-13(10-8-12)20(24)25)16(17(19)21)26-14-5-3-2-4-6-14/h2-11,15-16H,1H3,(H,22,23). The Morgan fingerprint density at radius 1 is 1.19 bits per heavy atom. The molecule has 0 spiro atoms. The lowest BCUT2D eigenvalue weighted by Gasteiger charge is -2.48. The summed E-state index contributed by atoms with van der Waals surface area (Å²) in [4.78, 5) is 35.4. The van der Waals surface area contributed by atoms with Crippen LogP contribution in [-0.4, -0.2) is 39.0 Å². The van der Waals surface area contributed by atoms with Gasteiger partial charge in [-0.25, -0.2) is 4.79 Å². The van der Waals surface area contributed by atoms with Crippen molar-refractivity contribution in [1.82, 2.24) is 4.90 Å². The molecule has 2 aromatic rings. The smallest absolute Gasteiger partial charge is 0.326 e. The van der Waals surface area contributed by atoms with E-state index in [1.165, 1.54) is 36.1 Å². The van der Waals surface area contributed by atoms with Crippen LogP contribution >= 0.6 is 0 Å². The third-order valence-corrected chi connectivity index (χ3v) is 4.31. The van der Waals surface area contributed by atoms with E-state index in [0.717, 1.165) is 0 Å². The number of non-ortho nitro benzene ring substituents is 1. The second-order valence-electron chi connectivity index (χ2n) is 5.90. The van der Waals surface area contributed by atoms with E-state index >= 15 is 0 Å². The number of nitro benzene ring substituents is 1. The van der Waals surface area contributed by atoms with Gasteiger partial charge in [-0.05, 0) is 36.8 Å². The molecule has 3 atom stereocenters. The zero-order valence-corrected chi connectivity index (χ0v) is 13.8. The van der Waals surface area contributed by atoms with Crippen molar-refractivity contribution in [3.63, 3.8) is 0 Å². The van der Waals surface area contributed by atoms with Crippen molar-refractivity contribution in [2.45, 2.75) is 25.1 Å². The van der Waals surface area contributed by atoms with Crippen molar-refractivity contribution in [2.75, 3.05) is 0 Å². The van der Waals surface area contributed by atoms with Gasteiger partial charge in [-0.1, -0.05) is 18.2 Å². The summed E-state index contributed by atoms with van der Waals surface area (Å²) in [6.07, 6.45) is -0.888. The van der Waals surface area contributed by atoms with Crippen molar-refractivity contribution >= 4 is 17.6 Å². The molecule has 3 unspecified atom stereocenters. The number of likely N-dealkylation sites (tertiary alicyclic amines) is 1. The second kappa shape index (κ2) is 6.83. The number of benzene rings is 2. The molecule has 0 aromatic heterocycles. The van der Waals surface area contributed by atoms with Crippen LogP contribution in [-0.2, 0) is 9.59 Å². The molecule has 1 aliphatic heterocycles. The minimum absolute atomic E-state index is 0.0854. The maximum absolute atomic E-state index is 12.5. The van der Waals surface area contributed by atoms with E-state index in [4.69, 9.17) is 4.74 Å². The average molecular weight is 356 g/mol. The van der Waals surface area contributed by atoms with E-state index in [0.29, 0.717) is 11.3 Å². The predicted molar refractivity (Wildman–Crippen MR) is 90.6 cm³/mol. The summed E-state index contributed by atoms with van der Waals surface area (Å²) >= 11 is 0. The van der Waals surface area contributed by atoms with Crippen LogP contribution in [0.1, 0.15) is 18.5 Å². The van der Waals surface area contributed by atoms with Crippen LogP contribution in [0.3, 0.4) is 0 Å². The Morgan fingerprint density at radius 3 is 2.35 bits per heavy atom. The lowest BCUT2D eigenvalue weighted by Crippen LogP contribution is -2.65. The number of nitrogens with zero attached hydrogens (tertiary/aromatic N) is 2. The normalized spacial score (nSPS) is 20.2. The molecule has 26 heavy (non-hydrogen) atoms. The Kier molecular flexibility index (Phi) is 4.57. The highest BCUT2D eigenvalue weighted by molar-refractivity contribution is 5.93. The number of amides is 1. The summed E-state index contributed by atoms with van der Waals surface area (Å²) in [6.45, 7) is 1.41. The van der Waals surface area contributed by atoms with Crippen LogP contribution in [0.2, 0.25) is 0 Å². The molecule has 134 valence electrons. The maximum atomic E-state index is 12.5. The first-order chi connectivity index (χ1) is 12.4. The number of ether oxygens (including phenoxy) is 1. The Bertz CT molecular complexity index is 837. The van der Waals surface area contributed by atoms with E-state index in [1.54, 1.807) is 24.3 Å².